The van der Waals surface area contributed by atoms with Gasteiger partial charge in [-0.25, -0.2) is 39.9 Å². The third kappa shape index (κ3) is 10.7. The first kappa shape index (κ1) is 61.7. The lowest BCUT2D eigenvalue weighted by molar-refractivity contribution is 0.660. The Bertz CT molecular complexity index is 6690. The number of rotatable bonds is 4. The highest BCUT2D eigenvalue weighted by Gasteiger charge is 2.36. The molecule has 10 aromatic heterocycles. The highest BCUT2D eigenvalue weighted by molar-refractivity contribution is 7.27. The van der Waals surface area contributed by atoms with Crippen LogP contribution in [0.2, 0.25) is 21.1 Å². The molecule has 0 amide bonds. The molecule has 1 aliphatic carbocycles. The molecule has 21 rings (SSSR count). The molecule has 0 spiro atoms. The Morgan fingerprint density at radius 3 is 1.42 bits per heavy atom. The van der Waals surface area contributed by atoms with Crippen LogP contribution in [0.1, 0.15) is 25.0 Å². The maximum absolute atomic E-state index is 6.36. The van der Waals surface area contributed by atoms with Gasteiger partial charge in [0.15, 0.2) is 5.58 Å². The van der Waals surface area contributed by atoms with Crippen molar-refractivity contribution in [3.8, 4) is 56.2 Å². The van der Waals surface area contributed by atoms with Crippen LogP contribution in [0.3, 0.4) is 0 Å². The number of halogens is 4. The van der Waals surface area contributed by atoms with Gasteiger partial charge in [-0.3, -0.25) is 4.98 Å². The van der Waals surface area contributed by atoms with E-state index in [9.17, 15) is 0 Å². The molecular formula is C82H47Cl4N9O2S3. The first-order valence-corrected chi connectivity index (χ1v) is 35.9. The Balaban J connectivity index is 0.0000000969. The van der Waals surface area contributed by atoms with Crippen LogP contribution in [0.4, 0.5) is 0 Å². The lowest BCUT2D eigenvalue weighted by Gasteiger charge is -2.21. The molecule has 0 fully saturated rings. The molecule has 0 saturated carbocycles. The smallest absolute Gasteiger partial charge is 0.223 e. The van der Waals surface area contributed by atoms with Gasteiger partial charge in [0, 0.05) is 86.5 Å². The highest BCUT2D eigenvalue weighted by atomic mass is 35.5. The van der Waals surface area contributed by atoms with Crippen molar-refractivity contribution in [1.82, 2.24) is 44.9 Å². The Morgan fingerprint density at radius 1 is 0.320 bits per heavy atom. The zero-order chi connectivity index (χ0) is 67.3. The molecule has 0 unspecified atom stereocenters. The van der Waals surface area contributed by atoms with E-state index in [0.717, 1.165) is 130 Å². The number of para-hydroxylation sites is 3. The molecule has 0 N–H and O–H groups in total. The Labute approximate surface area is 601 Å². The lowest BCUT2D eigenvalue weighted by atomic mass is 9.82. The van der Waals surface area contributed by atoms with E-state index < -0.39 is 0 Å². The number of nitrogens with zero attached hydrogens (tertiary/aromatic N) is 9. The van der Waals surface area contributed by atoms with Gasteiger partial charge in [-0.05, 0) is 146 Å². The van der Waals surface area contributed by atoms with Gasteiger partial charge in [-0.15, -0.1) is 34.0 Å². The minimum Gasteiger partial charge on any atom is -0.455 e. The first-order valence-electron chi connectivity index (χ1n) is 31.9. The van der Waals surface area contributed by atoms with E-state index in [4.69, 9.17) is 55.2 Å². The molecule has 11 nitrogen and oxygen atoms in total. The highest BCUT2D eigenvalue weighted by Crippen LogP contribution is 2.51. The van der Waals surface area contributed by atoms with Gasteiger partial charge in [-0.1, -0.05) is 184 Å². The van der Waals surface area contributed by atoms with Crippen LogP contribution in [0, 0.1) is 0 Å². The molecule has 20 aromatic rings. The van der Waals surface area contributed by atoms with Gasteiger partial charge in [0.25, 0.3) is 0 Å². The van der Waals surface area contributed by atoms with Crippen LogP contribution >= 0.6 is 80.4 Å². The Morgan fingerprint density at radius 2 is 0.780 bits per heavy atom. The van der Waals surface area contributed by atoms with Gasteiger partial charge < -0.3 is 8.83 Å². The van der Waals surface area contributed by atoms with E-state index in [0.29, 0.717) is 16.6 Å². The second-order valence-corrected chi connectivity index (χ2v) is 29.0. The van der Waals surface area contributed by atoms with Gasteiger partial charge in [0.2, 0.25) is 21.1 Å². The van der Waals surface area contributed by atoms with Crippen molar-refractivity contribution in [3.05, 3.63) is 281 Å². The minimum atomic E-state index is -0.0436. The van der Waals surface area contributed by atoms with Gasteiger partial charge in [0.05, 0.1) is 47.7 Å². The number of furan rings is 2. The zero-order valence-electron chi connectivity index (χ0n) is 52.7. The van der Waals surface area contributed by atoms with E-state index >= 15 is 0 Å². The van der Waals surface area contributed by atoms with Crippen molar-refractivity contribution in [1.29, 1.82) is 0 Å². The molecule has 10 aromatic carbocycles. The summed E-state index contributed by atoms with van der Waals surface area (Å²) in [4.78, 5) is 40.0. The topological polar surface area (TPSA) is 142 Å². The predicted molar refractivity (Wildman–Crippen MR) is 416 cm³/mol. The van der Waals surface area contributed by atoms with Crippen LogP contribution in [0.15, 0.2) is 258 Å². The van der Waals surface area contributed by atoms with E-state index in [2.05, 4.69) is 180 Å². The number of benzene rings is 10. The molecule has 0 bridgehead atoms. The van der Waals surface area contributed by atoms with Crippen molar-refractivity contribution >= 4 is 196 Å². The normalized spacial score (nSPS) is 12.4. The molecule has 478 valence electrons. The third-order valence-electron chi connectivity index (χ3n) is 18.2. The molecule has 0 aliphatic heterocycles. The summed E-state index contributed by atoms with van der Waals surface area (Å²) in [5.41, 5.74) is 19.1. The standard InChI is InChI=1S/C25H17ClN2S.C22H11ClN2OS.C20H11ClN2O.C15H8ClN3S/c1-25(2)18-9-5-3-7-15(18)16-12-11-14(13-19(16)25)21-23-22(28-24(26)27-21)17-8-4-6-10-20(17)29-23;23-22-24-18-14-7-2-4-11-17(14)27-21(18)19(25-22)15-9-5-8-13-12-6-1-3-10-16(12)26-20(13)15;21-20-22-17(14-10-9-12-5-1-2-6-13(12)11-14)19-18(23-20)15-7-3-4-8-16(15)24-19;16-15-18-12(9-4-3-7-17-8-9)14-13(19-15)10-5-1-2-6-11(10)20-14/h3-13H,1-2H3;1-11H;1-11H;1-8H. The Hall–Kier alpha value is -10.7. The van der Waals surface area contributed by atoms with E-state index in [1.165, 1.54) is 41.7 Å². The monoisotopic (exact) mass is 1430 g/mol. The maximum Gasteiger partial charge on any atom is 0.223 e. The molecule has 0 radical (unpaired) electrons. The van der Waals surface area contributed by atoms with Crippen molar-refractivity contribution in [2.45, 2.75) is 19.3 Å². The van der Waals surface area contributed by atoms with Crippen molar-refractivity contribution < 1.29 is 8.83 Å². The maximum atomic E-state index is 6.36. The molecule has 18 heteroatoms. The van der Waals surface area contributed by atoms with E-state index in [1.54, 1.807) is 46.4 Å². The summed E-state index contributed by atoms with van der Waals surface area (Å²) in [5, 5.41) is 9.81. The molecular weight excluding hydrogens is 1380 g/mol. The van der Waals surface area contributed by atoms with Crippen LogP contribution < -0.4 is 0 Å². The fraction of sp³-hybridized carbons (Fsp3) is 0.0366. The number of fused-ring (bicyclic) bond motifs is 19. The van der Waals surface area contributed by atoms with E-state index in [-0.39, 0.29) is 21.3 Å². The lowest BCUT2D eigenvalue weighted by Crippen LogP contribution is -2.14. The molecule has 0 atom stereocenters. The van der Waals surface area contributed by atoms with Crippen LogP contribution in [-0.2, 0) is 5.41 Å². The minimum absolute atomic E-state index is 0.0436. The van der Waals surface area contributed by atoms with Gasteiger partial charge in [-0.2, -0.15) is 0 Å². The number of aromatic nitrogens is 9. The van der Waals surface area contributed by atoms with Crippen molar-refractivity contribution in [2.75, 3.05) is 0 Å². The number of thiophene rings is 3. The fourth-order valence-corrected chi connectivity index (χ4v) is 17.8. The van der Waals surface area contributed by atoms with E-state index in [1.807, 2.05) is 115 Å². The second-order valence-electron chi connectivity index (χ2n) is 24.5. The SMILES string of the molecule is CC1(C)c2ccccc2-c2ccc(-c3nc(Cl)nc4c3sc3ccccc34)cc21.Clc1nc(-c2ccc3ccccc3c2)c2oc3ccccc3c2n1.Clc1nc(-c2cccc3c2oc2ccccc23)c2sc3ccccc3c2n1.Clc1nc(-c2cccnc2)c2sc3ccccc3c2n1. The molecule has 10 heterocycles. The van der Waals surface area contributed by atoms with Crippen LogP contribution in [0.5, 0.6) is 0 Å². The van der Waals surface area contributed by atoms with Crippen molar-refractivity contribution in [2.24, 2.45) is 0 Å². The number of pyridine rings is 1. The average molecular weight is 1430 g/mol. The summed E-state index contributed by atoms with van der Waals surface area (Å²) < 4.78 is 18.9. The fourth-order valence-electron chi connectivity index (χ4n) is 13.6. The summed E-state index contributed by atoms with van der Waals surface area (Å²) in [5.74, 6) is 0. The summed E-state index contributed by atoms with van der Waals surface area (Å²) >= 11 is 30.0. The van der Waals surface area contributed by atoms with Gasteiger partial charge >= 0.3 is 0 Å². The summed E-state index contributed by atoms with van der Waals surface area (Å²) in [6.45, 7) is 4.59. The van der Waals surface area contributed by atoms with Crippen LogP contribution in [-0.4, -0.2) is 44.9 Å². The van der Waals surface area contributed by atoms with Crippen molar-refractivity contribution in [3.63, 3.8) is 0 Å². The molecule has 100 heavy (non-hydrogen) atoms. The predicted octanol–water partition coefficient (Wildman–Crippen LogP) is 24.9. The molecule has 0 saturated heterocycles. The first-order chi connectivity index (χ1) is 48.9. The number of hydrogen-bond acceptors (Lipinski definition) is 14. The third-order valence-corrected chi connectivity index (χ3v) is 22.4. The van der Waals surface area contributed by atoms with Crippen LogP contribution in [0.25, 0.3) is 172 Å². The van der Waals surface area contributed by atoms with Gasteiger partial charge in [0.1, 0.15) is 28.0 Å². The summed E-state index contributed by atoms with van der Waals surface area (Å²) in [6.07, 6.45) is 3.54. The number of hydrogen-bond donors (Lipinski definition) is 0. The Kier molecular flexibility index (Phi) is 15.4. The summed E-state index contributed by atoms with van der Waals surface area (Å²) in [7, 11) is 0. The zero-order valence-corrected chi connectivity index (χ0v) is 58.2. The largest absolute Gasteiger partial charge is 0.455 e. The second kappa shape index (κ2) is 25.0. The average Bonchev–Trinajstić information content (AvgIpc) is 1.68. The summed E-state index contributed by atoms with van der Waals surface area (Å²) in [6, 6.07) is 80.4. The quantitative estimate of drug-likeness (QED) is 0.155. The molecule has 1 aliphatic rings.